The topological polar surface area (TPSA) is 101 Å². The van der Waals surface area contributed by atoms with E-state index in [0.29, 0.717) is 10.0 Å². The van der Waals surface area contributed by atoms with Crippen molar-refractivity contribution < 1.29 is 23.7 Å². The first kappa shape index (κ1) is 27.4. The van der Waals surface area contributed by atoms with E-state index in [-0.39, 0.29) is 21.2 Å². The van der Waals surface area contributed by atoms with Crippen molar-refractivity contribution >= 4 is 93.0 Å². The fourth-order valence-electron chi connectivity index (χ4n) is 5.14. The molecule has 2 aromatic carbocycles. The number of halogens is 7. The second-order valence-electron chi connectivity index (χ2n) is 8.83. The molecule has 15 heteroatoms. The van der Waals surface area contributed by atoms with E-state index in [1.165, 1.54) is 30.3 Å². The van der Waals surface area contributed by atoms with Crippen molar-refractivity contribution in [1.82, 2.24) is 10.0 Å². The van der Waals surface area contributed by atoms with Crippen LogP contribution in [0, 0.1) is 27.8 Å². The Hall–Kier alpha value is -2.14. The Bertz CT molecular complexity index is 1440. The fourth-order valence-corrected chi connectivity index (χ4v) is 8.07. The average molecular weight is 642 g/mol. The van der Waals surface area contributed by atoms with E-state index < -0.39 is 66.6 Å². The van der Waals surface area contributed by atoms with Gasteiger partial charge in [0.05, 0.1) is 33.4 Å². The Balaban J connectivity index is 1.64. The molecule has 5 rings (SSSR count). The van der Waals surface area contributed by atoms with Crippen molar-refractivity contribution in [2.75, 3.05) is 0 Å². The summed E-state index contributed by atoms with van der Waals surface area (Å²) in [5.74, 6) is -6.92. The first-order chi connectivity index (χ1) is 17.7. The van der Waals surface area contributed by atoms with Crippen LogP contribution >= 0.6 is 69.6 Å². The first-order valence-corrected chi connectivity index (χ1v) is 13.0. The summed E-state index contributed by atoms with van der Waals surface area (Å²) in [7, 11) is 0. The maximum Gasteiger partial charge on any atom is 0.273 e. The van der Waals surface area contributed by atoms with E-state index in [4.69, 9.17) is 69.6 Å². The van der Waals surface area contributed by atoms with Crippen molar-refractivity contribution in [2.45, 2.75) is 20.6 Å². The molecule has 1 aliphatic heterocycles. The summed E-state index contributed by atoms with van der Waals surface area (Å²) in [6, 6.07) is 9.93. The number of hydrogen-bond acceptors (Lipinski definition) is 5. The van der Waals surface area contributed by atoms with Gasteiger partial charge in [-0.15, -0.1) is 23.2 Å². The largest absolute Gasteiger partial charge is 0.273 e. The number of carbonyl (C=O) groups excluding carboxylic acids is 3. The van der Waals surface area contributed by atoms with Gasteiger partial charge in [-0.05, 0) is 12.1 Å². The molecule has 198 valence electrons. The van der Waals surface area contributed by atoms with Crippen LogP contribution < -0.4 is 0 Å². The molecule has 2 fully saturated rings. The Kier molecular flexibility index (Phi) is 6.45. The number of alkyl halides is 4. The quantitative estimate of drug-likeness (QED) is 0.179. The molecule has 3 amide bonds. The highest BCUT2D eigenvalue weighted by Crippen LogP contribution is 2.77. The van der Waals surface area contributed by atoms with Crippen LogP contribution in [0.5, 0.6) is 0 Å². The fraction of sp³-hybridized carbons (Fsp3) is 0.261. The van der Waals surface area contributed by atoms with E-state index in [0.717, 1.165) is 18.2 Å². The highest BCUT2D eigenvalue weighted by atomic mass is 35.5. The number of hydrazine groups is 1. The van der Waals surface area contributed by atoms with Crippen molar-refractivity contribution in [1.29, 1.82) is 0 Å². The molecule has 0 spiro atoms. The van der Waals surface area contributed by atoms with Gasteiger partial charge < -0.3 is 0 Å². The zero-order valence-electron chi connectivity index (χ0n) is 18.5. The van der Waals surface area contributed by atoms with Gasteiger partial charge in [-0.1, -0.05) is 70.7 Å². The molecule has 38 heavy (non-hydrogen) atoms. The molecule has 0 aromatic heterocycles. The standard InChI is InChI=1S/C23H12Cl6FN3O5/c24-16-17(25)22(27)15-14(21(16,26)23(22,28)29)19(35)32(20(15)36)31(9-11-4-1-2-7-13(11)30)18(34)10-5-3-6-12(8-10)33(37)38/h1-8,14-15H,9H2/t14-,15+,21-,22-/m1/s1. The number of nitrogens with zero attached hydrogens (tertiary/aromatic N) is 3. The number of nitro benzene ring substituents is 1. The van der Waals surface area contributed by atoms with Gasteiger partial charge in [-0.3, -0.25) is 24.5 Å². The van der Waals surface area contributed by atoms with Gasteiger partial charge in [0, 0.05) is 23.3 Å². The number of carbonyl (C=O) groups is 3. The normalized spacial score (nSPS) is 29.2. The van der Waals surface area contributed by atoms with E-state index in [2.05, 4.69) is 0 Å². The number of fused-ring (bicyclic) bond motifs is 5. The maximum atomic E-state index is 14.6. The van der Waals surface area contributed by atoms with Gasteiger partial charge in [-0.2, -0.15) is 5.01 Å². The molecular formula is C23H12Cl6FN3O5. The molecule has 2 bridgehead atoms. The number of amides is 3. The van der Waals surface area contributed by atoms with E-state index in [1.54, 1.807) is 0 Å². The van der Waals surface area contributed by atoms with Crippen LogP contribution in [0.25, 0.3) is 0 Å². The number of benzene rings is 2. The molecular weight excluding hydrogens is 630 g/mol. The molecule has 0 unspecified atom stereocenters. The van der Waals surface area contributed by atoms with Gasteiger partial charge in [0.15, 0.2) is 4.33 Å². The molecule has 8 nitrogen and oxygen atoms in total. The van der Waals surface area contributed by atoms with E-state index in [1.807, 2.05) is 0 Å². The zero-order valence-corrected chi connectivity index (χ0v) is 23.0. The lowest BCUT2D eigenvalue weighted by Crippen LogP contribution is -2.55. The Labute approximate surface area is 243 Å². The second-order valence-corrected chi connectivity index (χ2v) is 12.1. The summed E-state index contributed by atoms with van der Waals surface area (Å²) in [4.78, 5) is 47.6. The number of hydrogen-bond donors (Lipinski definition) is 0. The van der Waals surface area contributed by atoms with Gasteiger partial charge in [0.25, 0.3) is 23.4 Å². The molecule has 4 atom stereocenters. The predicted octanol–water partition coefficient (Wildman–Crippen LogP) is 5.74. The molecule has 0 radical (unpaired) electrons. The third-order valence-corrected chi connectivity index (χ3v) is 11.2. The monoisotopic (exact) mass is 639 g/mol. The van der Waals surface area contributed by atoms with E-state index >= 15 is 0 Å². The Morgan fingerprint density at radius 2 is 1.53 bits per heavy atom. The highest BCUT2D eigenvalue weighted by molar-refractivity contribution is 6.66. The Morgan fingerprint density at radius 3 is 2.05 bits per heavy atom. The summed E-state index contributed by atoms with van der Waals surface area (Å²) in [6.45, 7) is -0.614. The molecule has 1 saturated carbocycles. The number of allylic oxidation sites excluding steroid dienone is 2. The molecule has 2 aromatic rings. The van der Waals surface area contributed by atoms with Gasteiger partial charge in [0.1, 0.15) is 15.6 Å². The van der Waals surface area contributed by atoms with Crippen LogP contribution in [0.1, 0.15) is 15.9 Å². The van der Waals surface area contributed by atoms with Crippen LogP contribution in [-0.4, -0.2) is 46.7 Å². The van der Waals surface area contributed by atoms with Crippen LogP contribution in [0.15, 0.2) is 58.6 Å². The van der Waals surface area contributed by atoms with Crippen LogP contribution in [0.2, 0.25) is 0 Å². The van der Waals surface area contributed by atoms with Gasteiger partial charge >= 0.3 is 0 Å². The number of nitro groups is 1. The zero-order chi connectivity index (χ0) is 27.9. The summed E-state index contributed by atoms with van der Waals surface area (Å²) in [5.41, 5.74) is -0.742. The van der Waals surface area contributed by atoms with Gasteiger partial charge in [-0.25, -0.2) is 9.40 Å². The number of non-ortho nitro benzene ring substituents is 1. The number of imide groups is 1. The highest BCUT2D eigenvalue weighted by Gasteiger charge is 2.88. The van der Waals surface area contributed by atoms with Crippen molar-refractivity contribution in [3.63, 3.8) is 0 Å². The summed E-state index contributed by atoms with van der Waals surface area (Å²) in [6.07, 6.45) is 0. The smallest absolute Gasteiger partial charge is 0.272 e. The summed E-state index contributed by atoms with van der Waals surface area (Å²) in [5, 5.41) is 11.8. The molecule has 3 aliphatic rings. The molecule has 1 heterocycles. The lowest BCUT2D eigenvalue weighted by Gasteiger charge is -2.37. The molecule has 1 saturated heterocycles. The Morgan fingerprint density at radius 1 is 0.974 bits per heavy atom. The van der Waals surface area contributed by atoms with Crippen LogP contribution in [0.3, 0.4) is 0 Å². The van der Waals surface area contributed by atoms with Crippen LogP contribution in [0.4, 0.5) is 10.1 Å². The lowest BCUT2D eigenvalue weighted by atomic mass is 9.84. The van der Waals surface area contributed by atoms with Crippen LogP contribution in [-0.2, 0) is 16.1 Å². The minimum absolute atomic E-state index is 0.0636. The SMILES string of the molecule is O=C(c1cccc([N+](=O)[O-])c1)N(Cc1ccccc1F)N1C(=O)[C@@H]2[C@H](C1=O)[C@@]1(Cl)C(Cl)=C(Cl)[C@@]2(Cl)C1(Cl)Cl. The van der Waals surface area contributed by atoms with Crippen molar-refractivity contribution in [3.05, 3.63) is 85.7 Å². The number of rotatable bonds is 5. The maximum absolute atomic E-state index is 14.6. The van der Waals surface area contributed by atoms with Crippen molar-refractivity contribution in [2.24, 2.45) is 11.8 Å². The summed E-state index contributed by atoms with van der Waals surface area (Å²) >= 11 is 39.1. The third-order valence-electron chi connectivity index (χ3n) is 6.94. The summed E-state index contributed by atoms with van der Waals surface area (Å²) < 4.78 is 12.4. The van der Waals surface area contributed by atoms with Crippen molar-refractivity contribution in [3.8, 4) is 0 Å². The molecule has 0 N–H and O–H groups in total. The van der Waals surface area contributed by atoms with E-state index in [9.17, 15) is 28.9 Å². The van der Waals surface area contributed by atoms with Gasteiger partial charge in [0.2, 0.25) is 0 Å². The third kappa shape index (κ3) is 3.33. The molecule has 2 aliphatic carbocycles. The average Bonchev–Trinajstić information content (AvgIpc) is 3.26. The lowest BCUT2D eigenvalue weighted by molar-refractivity contribution is -0.384. The minimum Gasteiger partial charge on any atom is -0.272 e. The second kappa shape index (κ2) is 8.94. The predicted molar refractivity (Wildman–Crippen MR) is 139 cm³/mol. The first-order valence-electron chi connectivity index (χ1n) is 10.7. The minimum atomic E-state index is -2.19.